The molecule has 3 rings (SSSR count). The molecule has 0 radical (unpaired) electrons. The fourth-order valence-corrected chi connectivity index (χ4v) is 4.13. The summed E-state index contributed by atoms with van der Waals surface area (Å²) in [5.74, 6) is 0.238. The van der Waals surface area contributed by atoms with Gasteiger partial charge in [-0.3, -0.25) is 4.79 Å². The zero-order valence-corrected chi connectivity index (χ0v) is 15.4. The average molecular weight is 384 g/mol. The average Bonchev–Trinajstić information content (AvgIpc) is 3.05. The van der Waals surface area contributed by atoms with Crippen LogP contribution in [0.25, 0.3) is 0 Å². The number of amides is 1. The lowest BCUT2D eigenvalue weighted by molar-refractivity contribution is -0.137. The molecule has 7 heteroatoms. The van der Waals surface area contributed by atoms with Gasteiger partial charge in [0.25, 0.3) is 0 Å². The maximum absolute atomic E-state index is 12.6. The lowest BCUT2D eigenvalue weighted by Gasteiger charge is -2.30. The number of hydrogen-bond acceptors (Lipinski definition) is 3. The number of alkyl halides is 3. The van der Waals surface area contributed by atoms with E-state index >= 15 is 0 Å². The van der Waals surface area contributed by atoms with Gasteiger partial charge in [0.2, 0.25) is 5.91 Å². The summed E-state index contributed by atoms with van der Waals surface area (Å²) in [5, 5.41) is 9.70. The molecule has 2 atom stereocenters. The van der Waals surface area contributed by atoms with Crippen molar-refractivity contribution in [2.45, 2.75) is 31.9 Å². The number of carbonyl (C=O) groups is 1. The van der Waals surface area contributed by atoms with E-state index in [1.54, 1.807) is 4.90 Å². The minimum atomic E-state index is -4.37. The Kier molecular flexibility index (Phi) is 6.42. The molecule has 150 valence electrons. The van der Waals surface area contributed by atoms with E-state index in [2.05, 4.69) is 4.90 Å². The van der Waals surface area contributed by atoms with Crippen LogP contribution in [0.4, 0.5) is 13.2 Å². The van der Waals surface area contributed by atoms with Gasteiger partial charge in [-0.05, 0) is 49.5 Å². The number of likely N-dealkylation sites (tertiary alicyclic amines) is 2. The van der Waals surface area contributed by atoms with Crippen LogP contribution in [-0.4, -0.2) is 60.1 Å². The zero-order valence-electron chi connectivity index (χ0n) is 15.4. The van der Waals surface area contributed by atoms with Crippen LogP contribution in [-0.2, 0) is 17.4 Å². The lowest BCUT2D eigenvalue weighted by atomic mass is 9.95. The molecule has 0 bridgehead atoms. The monoisotopic (exact) mass is 384 g/mol. The zero-order chi connectivity index (χ0) is 19.4. The van der Waals surface area contributed by atoms with Gasteiger partial charge in [-0.2, -0.15) is 13.2 Å². The predicted molar refractivity (Wildman–Crippen MR) is 96.1 cm³/mol. The molecule has 0 spiro atoms. The van der Waals surface area contributed by atoms with Crippen molar-refractivity contribution in [2.75, 3.05) is 39.3 Å². The number of aliphatic hydroxyl groups is 1. The smallest absolute Gasteiger partial charge is 0.396 e. The summed E-state index contributed by atoms with van der Waals surface area (Å²) < 4.78 is 37.9. The van der Waals surface area contributed by atoms with Crippen LogP contribution in [0.3, 0.4) is 0 Å². The van der Waals surface area contributed by atoms with Crippen LogP contribution in [0.1, 0.15) is 30.4 Å². The summed E-state index contributed by atoms with van der Waals surface area (Å²) in [4.78, 5) is 16.8. The number of carbonyl (C=O) groups excluding carboxylic acids is 1. The maximum atomic E-state index is 12.6. The standard InChI is InChI=1S/C20H27F3N2O2/c21-20(22,23)18-6-4-15(5-7-18)10-19(27)25-12-16(17(13-25)14-26)11-24-8-2-1-3-9-24/h4-7,16-17,26H,1-3,8-14H2/t16-,17-/m0/s1. The largest absolute Gasteiger partial charge is 0.416 e. The summed E-state index contributed by atoms with van der Waals surface area (Å²) in [6.07, 6.45) is -0.608. The molecule has 27 heavy (non-hydrogen) atoms. The number of benzene rings is 1. The minimum absolute atomic E-state index is 0.0581. The van der Waals surface area contributed by atoms with Crippen LogP contribution >= 0.6 is 0 Å². The Balaban J connectivity index is 1.56. The highest BCUT2D eigenvalue weighted by atomic mass is 19.4. The van der Waals surface area contributed by atoms with Crippen LogP contribution in [0.2, 0.25) is 0 Å². The second kappa shape index (κ2) is 8.61. The summed E-state index contributed by atoms with van der Waals surface area (Å²) in [6.45, 7) is 4.25. The summed E-state index contributed by atoms with van der Waals surface area (Å²) in [6, 6.07) is 4.77. The van der Waals surface area contributed by atoms with Gasteiger partial charge in [-0.25, -0.2) is 0 Å². The Morgan fingerprint density at radius 3 is 2.26 bits per heavy atom. The number of rotatable bonds is 5. The first-order chi connectivity index (χ1) is 12.9. The first-order valence-corrected chi connectivity index (χ1v) is 9.64. The Morgan fingerprint density at radius 2 is 1.67 bits per heavy atom. The van der Waals surface area contributed by atoms with Crippen molar-refractivity contribution in [3.8, 4) is 0 Å². The maximum Gasteiger partial charge on any atom is 0.416 e. The number of halogens is 3. The van der Waals surface area contributed by atoms with Crippen molar-refractivity contribution in [1.29, 1.82) is 0 Å². The molecule has 1 aromatic carbocycles. The van der Waals surface area contributed by atoms with Gasteiger partial charge in [-0.1, -0.05) is 18.6 Å². The van der Waals surface area contributed by atoms with E-state index in [1.807, 2.05) is 0 Å². The van der Waals surface area contributed by atoms with Crippen LogP contribution < -0.4 is 0 Å². The molecule has 4 nitrogen and oxygen atoms in total. The first kappa shape index (κ1) is 20.1. The number of hydrogen-bond donors (Lipinski definition) is 1. The predicted octanol–water partition coefficient (Wildman–Crippen LogP) is 2.80. The van der Waals surface area contributed by atoms with Crippen LogP contribution in [0.5, 0.6) is 0 Å². The fourth-order valence-electron chi connectivity index (χ4n) is 4.13. The first-order valence-electron chi connectivity index (χ1n) is 9.64. The molecule has 2 aliphatic rings. The van der Waals surface area contributed by atoms with Crippen molar-refractivity contribution >= 4 is 5.91 Å². The van der Waals surface area contributed by atoms with Crippen molar-refractivity contribution in [3.05, 3.63) is 35.4 Å². The molecular weight excluding hydrogens is 357 g/mol. The fraction of sp³-hybridized carbons (Fsp3) is 0.650. The molecule has 0 unspecified atom stereocenters. The highest BCUT2D eigenvalue weighted by Gasteiger charge is 2.36. The topological polar surface area (TPSA) is 43.8 Å². The van der Waals surface area contributed by atoms with Gasteiger partial charge in [0, 0.05) is 32.2 Å². The molecule has 0 saturated carbocycles. The Hall–Kier alpha value is -1.60. The van der Waals surface area contributed by atoms with Gasteiger partial charge in [0.05, 0.1) is 12.0 Å². The van der Waals surface area contributed by atoms with Gasteiger partial charge >= 0.3 is 6.18 Å². The van der Waals surface area contributed by atoms with E-state index in [0.29, 0.717) is 18.7 Å². The highest BCUT2D eigenvalue weighted by molar-refractivity contribution is 5.79. The molecule has 2 aliphatic heterocycles. The molecule has 1 aromatic rings. The summed E-state index contributed by atoms with van der Waals surface area (Å²) in [5.41, 5.74) is -0.130. The lowest BCUT2D eigenvalue weighted by Crippen LogP contribution is -2.37. The molecule has 1 N–H and O–H groups in total. The normalized spacial score (nSPS) is 24.4. The molecule has 2 saturated heterocycles. The van der Waals surface area contributed by atoms with Gasteiger partial charge < -0.3 is 14.9 Å². The minimum Gasteiger partial charge on any atom is -0.396 e. The summed E-state index contributed by atoms with van der Waals surface area (Å²) >= 11 is 0. The molecule has 0 aromatic heterocycles. The number of piperidine rings is 1. The third kappa shape index (κ3) is 5.23. The molecule has 1 amide bonds. The number of aliphatic hydroxyl groups excluding tert-OH is 1. The van der Waals surface area contributed by atoms with E-state index in [1.165, 1.54) is 31.4 Å². The third-order valence-electron chi connectivity index (χ3n) is 5.74. The van der Waals surface area contributed by atoms with E-state index in [9.17, 15) is 23.1 Å². The Bertz CT molecular complexity index is 627. The number of nitrogens with zero attached hydrogens (tertiary/aromatic N) is 2. The van der Waals surface area contributed by atoms with Crippen molar-refractivity contribution in [2.24, 2.45) is 11.8 Å². The second-order valence-electron chi connectivity index (χ2n) is 7.73. The van der Waals surface area contributed by atoms with E-state index < -0.39 is 11.7 Å². The Labute approximate surface area is 158 Å². The van der Waals surface area contributed by atoms with Gasteiger partial charge in [-0.15, -0.1) is 0 Å². The van der Waals surface area contributed by atoms with Gasteiger partial charge in [0.15, 0.2) is 0 Å². The Morgan fingerprint density at radius 1 is 1.04 bits per heavy atom. The van der Waals surface area contributed by atoms with Crippen molar-refractivity contribution in [1.82, 2.24) is 9.80 Å². The third-order valence-corrected chi connectivity index (χ3v) is 5.74. The quantitative estimate of drug-likeness (QED) is 0.849. The van der Waals surface area contributed by atoms with E-state index in [4.69, 9.17) is 0 Å². The second-order valence-corrected chi connectivity index (χ2v) is 7.73. The molecular formula is C20H27F3N2O2. The van der Waals surface area contributed by atoms with E-state index in [0.717, 1.165) is 31.8 Å². The van der Waals surface area contributed by atoms with Crippen LogP contribution in [0, 0.1) is 11.8 Å². The molecule has 2 heterocycles. The van der Waals surface area contributed by atoms with Crippen molar-refractivity contribution in [3.63, 3.8) is 0 Å². The molecule has 2 fully saturated rings. The highest BCUT2D eigenvalue weighted by Crippen LogP contribution is 2.30. The van der Waals surface area contributed by atoms with Crippen LogP contribution in [0.15, 0.2) is 24.3 Å². The summed E-state index contributed by atoms with van der Waals surface area (Å²) in [7, 11) is 0. The van der Waals surface area contributed by atoms with E-state index in [-0.39, 0.29) is 30.8 Å². The SMILES string of the molecule is O=C(Cc1ccc(C(F)(F)F)cc1)N1C[C@@H](CO)[C@@H](CN2CCCCC2)C1. The molecule has 0 aliphatic carbocycles. The van der Waals surface area contributed by atoms with Crippen molar-refractivity contribution < 1.29 is 23.1 Å². The van der Waals surface area contributed by atoms with Gasteiger partial charge in [0.1, 0.15) is 0 Å².